The number of aromatic amines is 1. The predicted molar refractivity (Wildman–Crippen MR) is 148 cm³/mol. The molecule has 2 N–H and O–H groups in total. The maximum atomic E-state index is 14.0. The van der Waals surface area contributed by atoms with Gasteiger partial charge >= 0.3 is 5.97 Å². The van der Waals surface area contributed by atoms with E-state index in [2.05, 4.69) is 25.3 Å². The number of carbonyl (C=O) groups is 2. The smallest absolute Gasteiger partial charge is 0.306 e. The zero-order valence-corrected chi connectivity index (χ0v) is 22.5. The molecule has 1 fully saturated rings. The van der Waals surface area contributed by atoms with Crippen LogP contribution in [0, 0.1) is 0 Å². The zero-order valence-electron chi connectivity index (χ0n) is 20.9. The van der Waals surface area contributed by atoms with Crippen LogP contribution in [-0.4, -0.2) is 54.6 Å². The van der Waals surface area contributed by atoms with Crippen molar-refractivity contribution in [2.45, 2.75) is 29.7 Å². The second-order valence-corrected chi connectivity index (χ2v) is 10.1. The Morgan fingerprint density at radius 2 is 2.12 bits per heavy atom. The number of H-pyrrole nitrogens is 1. The number of cyclic esters (lactones) is 1. The van der Waals surface area contributed by atoms with Gasteiger partial charge < -0.3 is 19.8 Å². The molecule has 6 rings (SSSR count). The summed E-state index contributed by atoms with van der Waals surface area (Å²) in [5.41, 5.74) is 1.92. The molecule has 1 unspecified atom stereocenters. The molecule has 2 aromatic carbocycles. The number of aromatic nitrogens is 6. The van der Waals surface area contributed by atoms with Crippen LogP contribution in [0.2, 0.25) is 5.02 Å². The van der Waals surface area contributed by atoms with Crippen molar-refractivity contribution in [3.63, 3.8) is 0 Å². The van der Waals surface area contributed by atoms with Crippen LogP contribution in [0.1, 0.15) is 18.7 Å². The normalized spacial score (nSPS) is 14.9. The summed E-state index contributed by atoms with van der Waals surface area (Å²) in [5.74, 6) is 0.104. The van der Waals surface area contributed by atoms with Gasteiger partial charge in [0, 0.05) is 18.5 Å². The Kier molecular flexibility index (Phi) is 6.82. The van der Waals surface area contributed by atoms with Gasteiger partial charge in [-0.1, -0.05) is 29.4 Å². The lowest BCUT2D eigenvalue weighted by atomic mass is 10.2. The van der Waals surface area contributed by atoms with E-state index in [1.165, 1.54) is 36.1 Å². The van der Waals surface area contributed by atoms with Crippen molar-refractivity contribution in [1.82, 2.24) is 29.5 Å². The maximum absolute atomic E-state index is 14.0. The van der Waals surface area contributed by atoms with Gasteiger partial charge in [-0.15, -0.1) is 0 Å². The lowest BCUT2D eigenvalue weighted by molar-refractivity contribution is -0.146. The van der Waals surface area contributed by atoms with Crippen LogP contribution in [-0.2, 0) is 20.1 Å². The van der Waals surface area contributed by atoms with Crippen LogP contribution >= 0.6 is 23.4 Å². The highest BCUT2D eigenvalue weighted by Crippen LogP contribution is 2.31. The number of benzene rings is 2. The molecule has 40 heavy (non-hydrogen) atoms. The van der Waals surface area contributed by atoms with Gasteiger partial charge in [-0.2, -0.15) is 0 Å². The Morgan fingerprint density at radius 3 is 2.92 bits per heavy atom. The number of ether oxygens (including phenoxy) is 2. The number of methoxy groups -OCH3 is 1. The molecule has 0 bridgehead atoms. The number of halogens is 1. The number of nitrogens with one attached hydrogen (secondary N) is 2. The summed E-state index contributed by atoms with van der Waals surface area (Å²) in [4.78, 5) is 58.7. The summed E-state index contributed by atoms with van der Waals surface area (Å²) >= 11 is 7.78. The molecule has 1 atom stereocenters. The third kappa shape index (κ3) is 4.73. The highest BCUT2D eigenvalue weighted by atomic mass is 35.5. The van der Waals surface area contributed by atoms with Crippen LogP contribution in [0.15, 0.2) is 58.9 Å². The molecule has 0 aliphatic carbocycles. The number of rotatable bonds is 7. The fourth-order valence-electron chi connectivity index (χ4n) is 4.44. The number of amides is 1. The topological polar surface area (TPSA) is 154 Å². The number of anilines is 1. The van der Waals surface area contributed by atoms with Gasteiger partial charge in [0.2, 0.25) is 0 Å². The predicted octanol–water partition coefficient (Wildman–Crippen LogP) is 3.65. The van der Waals surface area contributed by atoms with Gasteiger partial charge in [0.25, 0.3) is 11.5 Å². The number of nitrogens with zero attached hydrogens (tertiary/aromatic N) is 5. The van der Waals surface area contributed by atoms with Crippen LogP contribution in [0.3, 0.4) is 0 Å². The lowest BCUT2D eigenvalue weighted by Gasteiger charge is -2.18. The van der Waals surface area contributed by atoms with Gasteiger partial charge in [0.05, 0.1) is 40.8 Å². The number of imidazole rings is 1. The molecule has 1 saturated heterocycles. The fraction of sp³-hybridized carbons (Fsp3) is 0.192. The summed E-state index contributed by atoms with van der Waals surface area (Å²) in [6.45, 7) is 0. The van der Waals surface area contributed by atoms with Crippen molar-refractivity contribution in [2.75, 3.05) is 12.4 Å². The second-order valence-electron chi connectivity index (χ2n) is 8.76. The Hall–Kier alpha value is -4.49. The third-order valence-corrected chi connectivity index (χ3v) is 7.59. The SMILES string of the molecule is COc1ccc(NC(=O)C2CCC(=O)O2)cc1-n1c(CSc2ncnc3[nH]cnc23)nc2cccc(Cl)c2c1=O. The van der Waals surface area contributed by atoms with Crippen molar-refractivity contribution in [1.29, 1.82) is 0 Å². The largest absolute Gasteiger partial charge is 0.495 e. The minimum atomic E-state index is -0.874. The molecule has 12 nitrogen and oxygen atoms in total. The van der Waals surface area contributed by atoms with Crippen LogP contribution < -0.4 is 15.6 Å². The highest BCUT2D eigenvalue weighted by Gasteiger charge is 2.30. The quantitative estimate of drug-likeness (QED) is 0.166. The van der Waals surface area contributed by atoms with Gasteiger partial charge in [0.15, 0.2) is 11.8 Å². The van der Waals surface area contributed by atoms with Crippen LogP contribution in [0.5, 0.6) is 5.75 Å². The first-order valence-electron chi connectivity index (χ1n) is 12.1. The minimum Gasteiger partial charge on any atom is -0.495 e. The molecule has 1 amide bonds. The summed E-state index contributed by atoms with van der Waals surface area (Å²) < 4.78 is 12.1. The molecule has 202 valence electrons. The Morgan fingerprint density at radius 1 is 1.25 bits per heavy atom. The van der Waals surface area contributed by atoms with E-state index in [-0.39, 0.29) is 22.6 Å². The first kappa shape index (κ1) is 25.8. The van der Waals surface area contributed by atoms with Crippen molar-refractivity contribution < 1.29 is 19.1 Å². The summed E-state index contributed by atoms with van der Waals surface area (Å²) in [5, 5.41) is 3.86. The van der Waals surface area contributed by atoms with E-state index in [0.29, 0.717) is 51.1 Å². The van der Waals surface area contributed by atoms with E-state index >= 15 is 0 Å². The number of hydrogen-bond donors (Lipinski definition) is 2. The van der Waals surface area contributed by atoms with Gasteiger partial charge in [0.1, 0.15) is 28.4 Å². The average molecular weight is 578 g/mol. The Balaban J connectivity index is 1.45. The van der Waals surface area contributed by atoms with E-state index < -0.39 is 23.5 Å². The molecular weight excluding hydrogens is 558 g/mol. The van der Waals surface area contributed by atoms with Gasteiger partial charge in [-0.3, -0.25) is 19.0 Å². The van der Waals surface area contributed by atoms with Gasteiger partial charge in [-0.05, 0) is 30.3 Å². The maximum Gasteiger partial charge on any atom is 0.306 e. The standard InChI is InChI=1S/C26H20ClN7O5S/c1-38-17-6-5-13(32-24(36)18-7-8-20(35)39-18)9-16(17)34-19(33-15-4-2-3-14(27)21(15)26(34)37)10-40-25-22-23(29-11-28-22)30-12-31-25/h2-6,9,11-12,18H,7-8,10H2,1H3,(H,32,36)(H,28,29,30,31). The monoisotopic (exact) mass is 577 g/mol. The third-order valence-electron chi connectivity index (χ3n) is 6.30. The number of esters is 1. The van der Waals surface area contributed by atoms with Crippen molar-refractivity contribution >= 4 is 63.0 Å². The van der Waals surface area contributed by atoms with E-state index in [9.17, 15) is 14.4 Å². The fourth-order valence-corrected chi connectivity index (χ4v) is 5.56. The molecule has 1 aliphatic rings. The molecule has 0 spiro atoms. The molecule has 0 radical (unpaired) electrons. The van der Waals surface area contributed by atoms with Crippen LogP contribution in [0.4, 0.5) is 5.69 Å². The second kappa shape index (κ2) is 10.6. The molecule has 3 aromatic heterocycles. The molecule has 14 heteroatoms. The molecule has 1 aliphatic heterocycles. The molecule has 5 aromatic rings. The van der Waals surface area contributed by atoms with Crippen molar-refractivity contribution in [3.05, 3.63) is 70.3 Å². The highest BCUT2D eigenvalue weighted by molar-refractivity contribution is 7.98. The number of hydrogen-bond acceptors (Lipinski definition) is 10. The Labute approximate surface area is 235 Å². The number of carbonyl (C=O) groups excluding carboxylic acids is 2. The lowest BCUT2D eigenvalue weighted by Crippen LogP contribution is -2.28. The summed E-state index contributed by atoms with van der Waals surface area (Å²) in [6.07, 6.45) is 2.57. The average Bonchev–Trinajstić information content (AvgIpc) is 3.61. The van der Waals surface area contributed by atoms with E-state index in [1.807, 2.05) is 0 Å². The number of thioether (sulfide) groups is 1. The molecular formula is C26H20ClN7O5S. The van der Waals surface area contributed by atoms with Crippen LogP contribution in [0.25, 0.3) is 27.8 Å². The molecule has 4 heterocycles. The Bertz CT molecular complexity index is 1860. The first-order valence-corrected chi connectivity index (χ1v) is 13.4. The van der Waals surface area contributed by atoms with E-state index in [1.54, 1.807) is 36.4 Å². The summed E-state index contributed by atoms with van der Waals surface area (Å²) in [6, 6.07) is 9.93. The van der Waals surface area contributed by atoms with Crippen molar-refractivity contribution in [2.24, 2.45) is 0 Å². The van der Waals surface area contributed by atoms with Gasteiger partial charge in [-0.25, -0.2) is 19.9 Å². The van der Waals surface area contributed by atoms with Crippen molar-refractivity contribution in [3.8, 4) is 11.4 Å². The zero-order chi connectivity index (χ0) is 27.8. The molecule has 0 saturated carbocycles. The summed E-state index contributed by atoms with van der Waals surface area (Å²) in [7, 11) is 1.48. The number of fused-ring (bicyclic) bond motifs is 2. The first-order chi connectivity index (χ1) is 19.4. The van der Waals surface area contributed by atoms with E-state index in [0.717, 1.165) is 0 Å². The van der Waals surface area contributed by atoms with E-state index in [4.69, 9.17) is 26.1 Å². The minimum absolute atomic E-state index is 0.183.